The van der Waals surface area contributed by atoms with Gasteiger partial charge in [-0.2, -0.15) is 0 Å². The summed E-state index contributed by atoms with van der Waals surface area (Å²) in [6, 6.07) is 8.63. The Labute approximate surface area is 115 Å². The van der Waals surface area contributed by atoms with Gasteiger partial charge in [0.2, 0.25) is 0 Å². The zero-order valence-electron chi connectivity index (χ0n) is 11.8. The fourth-order valence-corrected chi connectivity index (χ4v) is 3.61. The van der Waals surface area contributed by atoms with E-state index < -0.39 is 0 Å². The lowest BCUT2D eigenvalue weighted by atomic mass is 9.79. The zero-order chi connectivity index (χ0) is 13.2. The second-order valence-electron chi connectivity index (χ2n) is 6.04. The fourth-order valence-electron chi connectivity index (χ4n) is 3.61. The van der Waals surface area contributed by atoms with E-state index in [9.17, 15) is 4.79 Å². The number of nitrogens with zero attached hydrogens (tertiary/aromatic N) is 1. The summed E-state index contributed by atoms with van der Waals surface area (Å²) in [7, 11) is 0. The third kappa shape index (κ3) is 2.54. The molecule has 1 aromatic carbocycles. The average Bonchev–Trinajstić information content (AvgIpc) is 2.85. The maximum atomic E-state index is 12.1. The first-order chi connectivity index (χ1) is 9.28. The summed E-state index contributed by atoms with van der Waals surface area (Å²) in [5, 5.41) is 0. The molecule has 19 heavy (non-hydrogen) atoms. The van der Waals surface area contributed by atoms with Crippen LogP contribution in [0.25, 0.3) is 0 Å². The molecule has 0 spiro atoms. The number of anilines is 1. The largest absolute Gasteiger partial charge is 0.370 e. The topological polar surface area (TPSA) is 20.3 Å². The summed E-state index contributed by atoms with van der Waals surface area (Å²) in [4.78, 5) is 14.6. The third-order valence-corrected chi connectivity index (χ3v) is 4.87. The maximum absolute atomic E-state index is 12.1. The Hall–Kier alpha value is -1.31. The lowest BCUT2D eigenvalue weighted by Crippen LogP contribution is -2.35. The van der Waals surface area contributed by atoms with Crippen LogP contribution in [0.2, 0.25) is 0 Å². The highest BCUT2D eigenvalue weighted by Gasteiger charge is 2.30. The van der Waals surface area contributed by atoms with Crippen LogP contribution in [0, 0.1) is 11.8 Å². The van der Waals surface area contributed by atoms with Crippen molar-refractivity contribution in [1.29, 1.82) is 0 Å². The Bertz CT molecular complexity index is 468. The number of fused-ring (bicyclic) bond motifs is 1. The second kappa shape index (κ2) is 5.36. The smallest absolute Gasteiger partial charge is 0.137 e. The molecule has 1 heterocycles. The van der Waals surface area contributed by atoms with Crippen LogP contribution in [0.1, 0.15) is 38.2 Å². The van der Waals surface area contributed by atoms with Gasteiger partial charge in [-0.25, -0.2) is 0 Å². The normalized spacial score (nSPS) is 26.6. The van der Waals surface area contributed by atoms with Gasteiger partial charge in [-0.05, 0) is 36.8 Å². The van der Waals surface area contributed by atoms with Gasteiger partial charge in [0.15, 0.2) is 0 Å². The predicted octanol–water partition coefficient (Wildman–Crippen LogP) is 3.44. The Kier molecular flexibility index (Phi) is 3.58. The number of carbonyl (C=O) groups excluding carboxylic acids is 1. The molecule has 1 aliphatic carbocycles. The number of ketones is 1. The van der Waals surface area contributed by atoms with Crippen molar-refractivity contribution < 1.29 is 4.79 Å². The average molecular weight is 257 g/mol. The number of rotatable bonds is 3. The van der Waals surface area contributed by atoms with E-state index in [1.54, 1.807) is 0 Å². The van der Waals surface area contributed by atoms with Gasteiger partial charge >= 0.3 is 0 Å². The van der Waals surface area contributed by atoms with Crippen molar-refractivity contribution in [2.24, 2.45) is 11.8 Å². The van der Waals surface area contributed by atoms with Crippen molar-refractivity contribution in [3.05, 3.63) is 29.8 Å². The lowest BCUT2D eigenvalue weighted by Gasteiger charge is -2.31. The molecule has 0 saturated heterocycles. The number of benzene rings is 1. The van der Waals surface area contributed by atoms with Gasteiger partial charge < -0.3 is 4.90 Å². The summed E-state index contributed by atoms with van der Waals surface area (Å²) in [5.41, 5.74) is 2.80. The predicted molar refractivity (Wildman–Crippen MR) is 78.5 cm³/mol. The standard InChI is InChI=1S/C17H23NO/c1-2-13-7-8-17(19)15(11-13)12-18-10-9-14-5-3-4-6-16(14)18/h3-6,13,15H,2,7-12H2,1H3. The van der Waals surface area contributed by atoms with Crippen LogP contribution >= 0.6 is 0 Å². The monoisotopic (exact) mass is 257 g/mol. The van der Waals surface area contributed by atoms with Crippen molar-refractivity contribution in [2.75, 3.05) is 18.0 Å². The van der Waals surface area contributed by atoms with Gasteiger partial charge in [0, 0.05) is 31.1 Å². The Morgan fingerprint density at radius 2 is 2.11 bits per heavy atom. The van der Waals surface area contributed by atoms with Crippen molar-refractivity contribution in [3.8, 4) is 0 Å². The Balaban J connectivity index is 1.70. The number of carbonyl (C=O) groups is 1. The molecular weight excluding hydrogens is 234 g/mol. The van der Waals surface area contributed by atoms with Crippen LogP contribution < -0.4 is 4.90 Å². The molecule has 0 amide bonds. The molecule has 2 unspecified atom stereocenters. The van der Waals surface area contributed by atoms with Gasteiger partial charge in [-0.1, -0.05) is 31.5 Å². The minimum atomic E-state index is 0.268. The summed E-state index contributed by atoms with van der Waals surface area (Å²) >= 11 is 0. The molecule has 2 nitrogen and oxygen atoms in total. The van der Waals surface area contributed by atoms with E-state index in [1.165, 1.54) is 17.7 Å². The van der Waals surface area contributed by atoms with E-state index in [0.29, 0.717) is 5.78 Å². The van der Waals surface area contributed by atoms with E-state index in [0.717, 1.165) is 44.7 Å². The van der Waals surface area contributed by atoms with Crippen LogP contribution in [0.4, 0.5) is 5.69 Å². The van der Waals surface area contributed by atoms with Crippen LogP contribution in [0.5, 0.6) is 0 Å². The molecule has 102 valence electrons. The van der Waals surface area contributed by atoms with Gasteiger partial charge in [-0.15, -0.1) is 0 Å². The molecule has 2 atom stereocenters. The van der Waals surface area contributed by atoms with Crippen LogP contribution in [-0.4, -0.2) is 18.9 Å². The van der Waals surface area contributed by atoms with Gasteiger partial charge in [-0.3, -0.25) is 4.79 Å². The molecule has 1 aromatic rings. The molecular formula is C17H23NO. The molecule has 1 fully saturated rings. The summed E-state index contributed by atoms with van der Waals surface area (Å²) < 4.78 is 0. The van der Waals surface area contributed by atoms with Crippen molar-refractivity contribution >= 4 is 11.5 Å². The van der Waals surface area contributed by atoms with Crippen molar-refractivity contribution in [1.82, 2.24) is 0 Å². The van der Waals surface area contributed by atoms with E-state index >= 15 is 0 Å². The summed E-state index contributed by atoms with van der Waals surface area (Å²) in [6.07, 6.45) is 5.38. The van der Waals surface area contributed by atoms with Crippen LogP contribution in [0.15, 0.2) is 24.3 Å². The third-order valence-electron chi connectivity index (χ3n) is 4.87. The van der Waals surface area contributed by atoms with Crippen molar-refractivity contribution in [3.63, 3.8) is 0 Å². The first-order valence-corrected chi connectivity index (χ1v) is 7.63. The molecule has 0 N–H and O–H groups in total. The molecule has 1 aliphatic heterocycles. The highest BCUT2D eigenvalue weighted by molar-refractivity contribution is 5.82. The molecule has 1 saturated carbocycles. The molecule has 3 rings (SSSR count). The number of hydrogen-bond acceptors (Lipinski definition) is 2. The van der Waals surface area contributed by atoms with E-state index in [1.807, 2.05) is 0 Å². The molecule has 0 bridgehead atoms. The lowest BCUT2D eigenvalue weighted by molar-refractivity contribution is -0.125. The van der Waals surface area contributed by atoms with Crippen LogP contribution in [-0.2, 0) is 11.2 Å². The minimum Gasteiger partial charge on any atom is -0.370 e. The van der Waals surface area contributed by atoms with Gasteiger partial charge in [0.25, 0.3) is 0 Å². The SMILES string of the molecule is CCC1CCC(=O)C(CN2CCc3ccccc32)C1. The molecule has 0 aromatic heterocycles. The van der Waals surface area contributed by atoms with Crippen molar-refractivity contribution in [2.45, 2.75) is 39.0 Å². The van der Waals surface area contributed by atoms with Gasteiger partial charge in [0.1, 0.15) is 5.78 Å². The first kappa shape index (κ1) is 12.7. The molecule has 2 aliphatic rings. The first-order valence-electron chi connectivity index (χ1n) is 7.63. The second-order valence-corrected chi connectivity index (χ2v) is 6.04. The number of para-hydroxylation sites is 1. The van der Waals surface area contributed by atoms with Crippen LogP contribution in [0.3, 0.4) is 0 Å². The Morgan fingerprint density at radius 1 is 1.26 bits per heavy atom. The highest BCUT2D eigenvalue weighted by atomic mass is 16.1. The minimum absolute atomic E-state index is 0.268. The van der Waals surface area contributed by atoms with Gasteiger partial charge in [0.05, 0.1) is 0 Å². The zero-order valence-corrected chi connectivity index (χ0v) is 11.8. The van der Waals surface area contributed by atoms with E-state index in [-0.39, 0.29) is 5.92 Å². The van der Waals surface area contributed by atoms with E-state index in [2.05, 4.69) is 36.1 Å². The number of Topliss-reactive ketones (excluding diaryl/α,β-unsaturated/α-hetero) is 1. The summed E-state index contributed by atoms with van der Waals surface area (Å²) in [6.45, 7) is 4.27. The quantitative estimate of drug-likeness (QED) is 0.826. The van der Waals surface area contributed by atoms with E-state index in [4.69, 9.17) is 0 Å². The summed E-state index contributed by atoms with van der Waals surface area (Å²) in [5.74, 6) is 1.53. The maximum Gasteiger partial charge on any atom is 0.137 e. The Morgan fingerprint density at radius 3 is 2.95 bits per heavy atom. The molecule has 2 heteroatoms. The fraction of sp³-hybridized carbons (Fsp3) is 0.588. The highest BCUT2D eigenvalue weighted by Crippen LogP contribution is 2.33. The molecule has 0 radical (unpaired) electrons. The number of hydrogen-bond donors (Lipinski definition) is 0.